The summed E-state index contributed by atoms with van der Waals surface area (Å²) in [6.07, 6.45) is 1.54. The molecule has 0 atom stereocenters. The summed E-state index contributed by atoms with van der Waals surface area (Å²) in [5.41, 5.74) is 0.464. The Morgan fingerprint density at radius 1 is 1.42 bits per heavy atom. The molecule has 6 nitrogen and oxygen atoms in total. The maximum absolute atomic E-state index is 13.1. The molecule has 8 heteroatoms. The summed E-state index contributed by atoms with van der Waals surface area (Å²) < 4.78 is 20.0. The van der Waals surface area contributed by atoms with Crippen molar-refractivity contribution in [1.82, 2.24) is 4.57 Å². The second kappa shape index (κ2) is 7.94. The van der Waals surface area contributed by atoms with Gasteiger partial charge in [-0.15, -0.1) is 0 Å². The molecular formula is C16H16ClFN2O4. The number of aliphatic hydroxyl groups excluding tert-OH is 1. The summed E-state index contributed by atoms with van der Waals surface area (Å²) >= 11 is 5.64. The zero-order chi connectivity index (χ0) is 17.7. The van der Waals surface area contributed by atoms with E-state index in [4.69, 9.17) is 21.4 Å². The largest absolute Gasteiger partial charge is 0.478 e. The van der Waals surface area contributed by atoms with Gasteiger partial charge in [-0.2, -0.15) is 0 Å². The number of benzene rings is 1. The van der Waals surface area contributed by atoms with Crippen LogP contribution in [0.5, 0.6) is 5.75 Å². The lowest BCUT2D eigenvalue weighted by Gasteiger charge is -2.14. The van der Waals surface area contributed by atoms with Gasteiger partial charge in [0.2, 0.25) is 5.43 Å². The van der Waals surface area contributed by atoms with Crippen LogP contribution in [-0.4, -0.2) is 28.8 Å². The van der Waals surface area contributed by atoms with Gasteiger partial charge in [-0.3, -0.25) is 9.59 Å². The molecule has 0 fully saturated rings. The van der Waals surface area contributed by atoms with Crippen molar-refractivity contribution in [1.29, 1.82) is 0 Å². The molecule has 0 saturated carbocycles. The number of ether oxygens (including phenoxy) is 1. The molecule has 128 valence electrons. The van der Waals surface area contributed by atoms with E-state index in [1.165, 1.54) is 18.2 Å². The van der Waals surface area contributed by atoms with E-state index >= 15 is 0 Å². The smallest absolute Gasteiger partial charge is 0.262 e. The molecule has 0 aliphatic rings. The van der Waals surface area contributed by atoms with Crippen LogP contribution < -0.4 is 15.5 Å². The average Bonchev–Trinajstić information content (AvgIpc) is 2.54. The fraction of sp³-hybridized carbons (Fsp3) is 0.250. The van der Waals surface area contributed by atoms with Gasteiger partial charge >= 0.3 is 0 Å². The lowest BCUT2D eigenvalue weighted by atomic mass is 10.3. The maximum atomic E-state index is 13.1. The molecule has 1 amide bonds. The molecule has 2 aromatic rings. The Bertz CT molecular complexity index is 807. The van der Waals surface area contributed by atoms with Crippen LogP contribution in [0.25, 0.3) is 0 Å². The van der Waals surface area contributed by atoms with Crippen LogP contribution in [0.4, 0.5) is 10.1 Å². The van der Waals surface area contributed by atoms with Crippen molar-refractivity contribution in [2.75, 3.05) is 18.5 Å². The predicted octanol–water partition coefficient (Wildman–Crippen LogP) is 1.96. The third-order valence-electron chi connectivity index (χ3n) is 3.28. The van der Waals surface area contributed by atoms with Crippen molar-refractivity contribution >= 4 is 23.2 Å². The lowest BCUT2D eigenvalue weighted by Crippen LogP contribution is -2.24. The second-order valence-corrected chi connectivity index (χ2v) is 5.38. The number of hydrogen-bond acceptors (Lipinski definition) is 4. The van der Waals surface area contributed by atoms with Gasteiger partial charge in [0, 0.05) is 24.5 Å². The number of amides is 1. The summed E-state index contributed by atoms with van der Waals surface area (Å²) in [6.45, 7) is 1.48. The third-order valence-corrected chi connectivity index (χ3v) is 3.57. The molecule has 24 heavy (non-hydrogen) atoms. The van der Waals surface area contributed by atoms with Crippen LogP contribution in [0.1, 0.15) is 5.69 Å². The molecule has 0 aliphatic heterocycles. The van der Waals surface area contributed by atoms with E-state index < -0.39 is 18.3 Å². The Morgan fingerprint density at radius 2 is 2.17 bits per heavy atom. The molecule has 1 aromatic carbocycles. The first-order valence-electron chi connectivity index (χ1n) is 7.11. The Kier molecular flexibility index (Phi) is 5.94. The van der Waals surface area contributed by atoms with Crippen molar-refractivity contribution in [3.8, 4) is 5.75 Å². The summed E-state index contributed by atoms with van der Waals surface area (Å²) in [4.78, 5) is 23.8. The number of halogens is 2. The van der Waals surface area contributed by atoms with E-state index in [0.29, 0.717) is 17.9 Å². The number of aliphatic hydroxyl groups is 1. The second-order valence-electron chi connectivity index (χ2n) is 4.98. The first-order chi connectivity index (χ1) is 11.4. The van der Waals surface area contributed by atoms with Gasteiger partial charge in [0.15, 0.2) is 12.4 Å². The highest BCUT2D eigenvalue weighted by atomic mass is 35.5. The van der Waals surface area contributed by atoms with Crippen molar-refractivity contribution in [2.45, 2.75) is 13.5 Å². The molecular weight excluding hydrogens is 339 g/mol. The SMILES string of the molecule is Cc1c(OCC(=O)Nc2ccc(F)c(Cl)c2)c(=O)ccn1CCO. The average molecular weight is 355 g/mol. The molecule has 0 radical (unpaired) electrons. The predicted molar refractivity (Wildman–Crippen MR) is 88.1 cm³/mol. The van der Waals surface area contributed by atoms with Crippen LogP contribution in [0.3, 0.4) is 0 Å². The van der Waals surface area contributed by atoms with Crippen LogP contribution in [0.2, 0.25) is 5.02 Å². The number of nitrogens with zero attached hydrogens (tertiary/aromatic N) is 1. The van der Waals surface area contributed by atoms with Gasteiger partial charge in [-0.1, -0.05) is 11.6 Å². The summed E-state index contributed by atoms with van der Waals surface area (Å²) in [6, 6.07) is 5.07. The van der Waals surface area contributed by atoms with Crippen LogP contribution in [0.15, 0.2) is 35.3 Å². The number of carbonyl (C=O) groups excluding carboxylic acids is 1. The highest BCUT2D eigenvalue weighted by Crippen LogP contribution is 2.19. The van der Waals surface area contributed by atoms with Gasteiger partial charge < -0.3 is 19.7 Å². The van der Waals surface area contributed by atoms with Gasteiger partial charge in [0.25, 0.3) is 5.91 Å². The summed E-state index contributed by atoms with van der Waals surface area (Å²) in [5.74, 6) is -1.07. The number of anilines is 1. The van der Waals surface area contributed by atoms with Gasteiger partial charge in [-0.25, -0.2) is 4.39 Å². The zero-order valence-electron chi connectivity index (χ0n) is 12.9. The minimum atomic E-state index is -0.588. The molecule has 0 bridgehead atoms. The Balaban J connectivity index is 2.05. The Labute approximate surface area is 142 Å². The van der Waals surface area contributed by atoms with Crippen LogP contribution in [-0.2, 0) is 11.3 Å². The van der Waals surface area contributed by atoms with Crippen molar-refractivity contribution in [3.63, 3.8) is 0 Å². The van der Waals surface area contributed by atoms with E-state index in [9.17, 15) is 14.0 Å². The molecule has 0 unspecified atom stereocenters. The summed E-state index contributed by atoms with van der Waals surface area (Å²) in [5, 5.41) is 11.4. The van der Waals surface area contributed by atoms with Gasteiger partial charge in [-0.05, 0) is 25.1 Å². The van der Waals surface area contributed by atoms with E-state index in [1.807, 2.05) is 0 Å². The maximum Gasteiger partial charge on any atom is 0.262 e. The fourth-order valence-electron chi connectivity index (χ4n) is 2.09. The van der Waals surface area contributed by atoms with Crippen molar-refractivity contribution in [3.05, 3.63) is 57.2 Å². The number of hydrogen-bond donors (Lipinski definition) is 2. The number of rotatable bonds is 6. The third kappa shape index (κ3) is 4.33. The molecule has 1 heterocycles. The molecule has 1 aromatic heterocycles. The number of aromatic nitrogens is 1. The van der Waals surface area contributed by atoms with Crippen LogP contribution in [0, 0.1) is 12.7 Å². The highest BCUT2D eigenvalue weighted by molar-refractivity contribution is 6.31. The number of nitrogens with one attached hydrogen (secondary N) is 1. The topological polar surface area (TPSA) is 80.6 Å². The zero-order valence-corrected chi connectivity index (χ0v) is 13.6. The summed E-state index contributed by atoms with van der Waals surface area (Å²) in [7, 11) is 0. The highest BCUT2D eigenvalue weighted by Gasteiger charge is 2.11. The van der Waals surface area contributed by atoms with E-state index in [2.05, 4.69) is 5.32 Å². The first-order valence-corrected chi connectivity index (χ1v) is 7.48. The van der Waals surface area contributed by atoms with E-state index in [1.54, 1.807) is 17.7 Å². The van der Waals surface area contributed by atoms with Gasteiger partial charge in [0.05, 0.1) is 17.3 Å². The number of pyridine rings is 1. The normalized spacial score (nSPS) is 10.5. The monoisotopic (exact) mass is 354 g/mol. The minimum absolute atomic E-state index is 0.0400. The molecule has 2 rings (SSSR count). The number of carbonyl (C=O) groups is 1. The van der Waals surface area contributed by atoms with Gasteiger partial charge in [0.1, 0.15) is 5.82 Å². The van der Waals surface area contributed by atoms with E-state index in [-0.39, 0.29) is 22.8 Å². The van der Waals surface area contributed by atoms with Crippen molar-refractivity contribution in [2.24, 2.45) is 0 Å². The van der Waals surface area contributed by atoms with E-state index in [0.717, 1.165) is 6.07 Å². The standard InChI is InChI=1S/C16H16ClFN2O4/c1-10-16(14(22)4-5-20(10)6-7-21)24-9-15(23)19-11-2-3-13(18)12(17)8-11/h2-5,8,21H,6-7,9H2,1H3,(H,19,23). The Hall–Kier alpha value is -2.38. The quantitative estimate of drug-likeness (QED) is 0.831. The lowest BCUT2D eigenvalue weighted by molar-refractivity contribution is -0.118. The fourth-order valence-corrected chi connectivity index (χ4v) is 2.27. The Morgan fingerprint density at radius 3 is 2.83 bits per heavy atom. The molecule has 0 saturated heterocycles. The molecule has 0 aliphatic carbocycles. The first kappa shape index (κ1) is 18.0. The molecule has 0 spiro atoms. The van der Waals surface area contributed by atoms with Crippen LogP contribution >= 0.6 is 11.6 Å². The minimum Gasteiger partial charge on any atom is -0.478 e. The molecule has 2 N–H and O–H groups in total. The van der Waals surface area contributed by atoms with Crippen molar-refractivity contribution < 1.29 is 19.0 Å².